The third-order valence-corrected chi connectivity index (χ3v) is 4.77. The first-order valence-corrected chi connectivity index (χ1v) is 8.40. The number of aromatic nitrogens is 2. The molecule has 0 radical (unpaired) electrons. The highest BCUT2D eigenvalue weighted by molar-refractivity contribution is 9.10. The molecule has 130 valence electrons. The molecule has 0 atom stereocenters. The van der Waals surface area contributed by atoms with Gasteiger partial charge in [0.1, 0.15) is 5.69 Å². The maximum Gasteiger partial charge on any atom is 0.337 e. The van der Waals surface area contributed by atoms with Crippen LogP contribution >= 0.6 is 15.9 Å². The van der Waals surface area contributed by atoms with E-state index in [1.807, 2.05) is 18.2 Å². The summed E-state index contributed by atoms with van der Waals surface area (Å²) in [4.78, 5) is 29.3. The minimum Gasteiger partial charge on any atom is -0.494 e. The van der Waals surface area contributed by atoms with E-state index in [0.717, 1.165) is 9.86 Å². The number of nitrogens with zero attached hydrogens (tertiary/aromatic N) is 1. The summed E-state index contributed by atoms with van der Waals surface area (Å²) < 4.78 is 5.57. The summed E-state index contributed by atoms with van der Waals surface area (Å²) in [6, 6.07) is 10.3. The zero-order chi connectivity index (χ0) is 18.4. The number of fused-ring (bicyclic) bond motifs is 2. The molecule has 4 aromatic rings. The van der Waals surface area contributed by atoms with Gasteiger partial charge in [-0.2, -0.15) is 0 Å². The largest absolute Gasteiger partial charge is 0.494 e. The van der Waals surface area contributed by atoms with Crippen LogP contribution in [0.3, 0.4) is 0 Å². The lowest BCUT2D eigenvalue weighted by atomic mass is 10.1. The number of nitroso groups, excluding NO2 is 1. The van der Waals surface area contributed by atoms with Crippen LogP contribution in [0.4, 0.5) is 5.69 Å². The molecule has 0 aliphatic heterocycles. The molecule has 2 heterocycles. The average molecular weight is 414 g/mol. The number of hydrogen-bond acceptors (Lipinski definition) is 5. The number of ether oxygens (including phenoxy) is 1. The number of methoxy groups -OCH3 is 1. The monoisotopic (exact) mass is 413 g/mol. The summed E-state index contributed by atoms with van der Waals surface area (Å²) in [5.74, 6) is -0.589. The zero-order valence-corrected chi connectivity index (χ0v) is 15.0. The van der Waals surface area contributed by atoms with Gasteiger partial charge >= 0.3 is 5.97 Å². The van der Waals surface area contributed by atoms with Gasteiger partial charge in [-0.05, 0) is 35.5 Å². The summed E-state index contributed by atoms with van der Waals surface area (Å²) in [5, 5.41) is 14.7. The van der Waals surface area contributed by atoms with Crippen LogP contribution < -0.4 is 0 Å². The number of nitrogens with one attached hydrogen (secondary N) is 2. The van der Waals surface area contributed by atoms with Crippen molar-refractivity contribution in [2.45, 2.75) is 0 Å². The molecular formula is C18H12BrN3O4. The molecule has 7 nitrogen and oxygen atoms in total. The van der Waals surface area contributed by atoms with E-state index >= 15 is 0 Å². The summed E-state index contributed by atoms with van der Waals surface area (Å²) >= 11 is 3.39. The predicted octanol–water partition coefficient (Wildman–Crippen LogP) is 4.97. The van der Waals surface area contributed by atoms with Gasteiger partial charge in [-0.1, -0.05) is 22.0 Å². The van der Waals surface area contributed by atoms with E-state index in [4.69, 9.17) is 4.74 Å². The Kier molecular flexibility index (Phi) is 3.77. The summed E-state index contributed by atoms with van der Waals surface area (Å²) in [5.41, 5.74) is 2.57. The van der Waals surface area contributed by atoms with Gasteiger partial charge < -0.3 is 19.8 Å². The third kappa shape index (κ3) is 2.38. The number of halogens is 1. The van der Waals surface area contributed by atoms with E-state index in [-0.39, 0.29) is 11.6 Å². The number of carbonyl (C=O) groups is 1. The summed E-state index contributed by atoms with van der Waals surface area (Å²) in [7, 11) is 1.29. The SMILES string of the molecule is COC(=O)c1ccc2[nH]c(-c3c(O)[nH]c4cc(Br)ccc34)c(N=O)c2c1. The standard InChI is InChI=1S/C18H12BrN3O4/c1-26-18(24)8-2-5-12-11(6-8)15(22-25)16(20-12)14-10-4-3-9(19)7-13(10)21-17(14)23/h2-7,20-21,23H,1H3. The second-order valence-electron chi connectivity index (χ2n) is 5.73. The average Bonchev–Trinajstić information content (AvgIpc) is 3.15. The first-order valence-electron chi connectivity index (χ1n) is 7.61. The molecule has 26 heavy (non-hydrogen) atoms. The van der Waals surface area contributed by atoms with Crippen molar-refractivity contribution in [2.24, 2.45) is 5.18 Å². The van der Waals surface area contributed by atoms with Crippen LogP contribution in [0.25, 0.3) is 33.1 Å². The second-order valence-corrected chi connectivity index (χ2v) is 6.65. The molecule has 0 bridgehead atoms. The number of H-pyrrole nitrogens is 2. The Morgan fingerprint density at radius 1 is 1.12 bits per heavy atom. The van der Waals surface area contributed by atoms with Gasteiger partial charge in [0, 0.05) is 20.8 Å². The lowest BCUT2D eigenvalue weighted by molar-refractivity contribution is 0.0601. The van der Waals surface area contributed by atoms with E-state index in [1.165, 1.54) is 7.11 Å². The molecule has 0 saturated heterocycles. The Bertz CT molecular complexity index is 1190. The van der Waals surface area contributed by atoms with Crippen molar-refractivity contribution >= 4 is 49.4 Å². The van der Waals surface area contributed by atoms with E-state index in [0.29, 0.717) is 33.2 Å². The number of aromatic amines is 2. The highest BCUT2D eigenvalue weighted by Gasteiger charge is 2.22. The van der Waals surface area contributed by atoms with Gasteiger partial charge in [0.05, 0.1) is 29.4 Å². The Morgan fingerprint density at radius 3 is 2.65 bits per heavy atom. The van der Waals surface area contributed by atoms with Crippen molar-refractivity contribution in [3.05, 3.63) is 51.3 Å². The van der Waals surface area contributed by atoms with E-state index in [9.17, 15) is 14.8 Å². The summed E-state index contributed by atoms with van der Waals surface area (Å²) in [6.45, 7) is 0. The highest BCUT2D eigenvalue weighted by Crippen LogP contribution is 2.44. The molecule has 4 rings (SSSR count). The number of aromatic hydroxyl groups is 1. The Labute approximate surface area is 155 Å². The number of benzene rings is 2. The van der Waals surface area contributed by atoms with Gasteiger partial charge in [-0.3, -0.25) is 0 Å². The molecule has 8 heteroatoms. The van der Waals surface area contributed by atoms with Crippen molar-refractivity contribution in [1.29, 1.82) is 0 Å². The van der Waals surface area contributed by atoms with E-state index in [1.54, 1.807) is 18.2 Å². The van der Waals surface area contributed by atoms with Crippen LogP contribution in [0.15, 0.2) is 46.0 Å². The van der Waals surface area contributed by atoms with Crippen molar-refractivity contribution in [1.82, 2.24) is 9.97 Å². The van der Waals surface area contributed by atoms with Crippen LogP contribution in [0.2, 0.25) is 0 Å². The molecule has 2 aromatic heterocycles. The lowest BCUT2D eigenvalue weighted by Crippen LogP contribution is -2.00. The van der Waals surface area contributed by atoms with Crippen LogP contribution in [0, 0.1) is 4.91 Å². The quantitative estimate of drug-likeness (QED) is 0.325. The van der Waals surface area contributed by atoms with Gasteiger partial charge in [0.15, 0.2) is 5.88 Å². The molecule has 0 aliphatic rings. The topological polar surface area (TPSA) is 108 Å². The number of carbonyl (C=O) groups excluding carboxylic acids is 1. The van der Waals surface area contributed by atoms with Gasteiger partial charge in [-0.25, -0.2) is 4.79 Å². The van der Waals surface area contributed by atoms with Crippen molar-refractivity contribution in [2.75, 3.05) is 7.11 Å². The molecule has 0 aliphatic carbocycles. The molecule has 0 saturated carbocycles. The minimum absolute atomic E-state index is 0.0808. The zero-order valence-electron chi connectivity index (χ0n) is 13.5. The molecule has 0 amide bonds. The fourth-order valence-electron chi connectivity index (χ4n) is 3.11. The molecule has 0 unspecified atom stereocenters. The fourth-order valence-corrected chi connectivity index (χ4v) is 3.47. The van der Waals surface area contributed by atoms with E-state index in [2.05, 4.69) is 31.1 Å². The van der Waals surface area contributed by atoms with Crippen molar-refractivity contribution in [3.8, 4) is 17.1 Å². The van der Waals surface area contributed by atoms with Crippen LogP contribution in [0.5, 0.6) is 5.88 Å². The molecule has 0 spiro atoms. The summed E-state index contributed by atoms with van der Waals surface area (Å²) in [6.07, 6.45) is 0. The smallest absolute Gasteiger partial charge is 0.337 e. The maximum atomic E-state index is 11.8. The minimum atomic E-state index is -0.508. The normalized spacial score (nSPS) is 11.2. The molecule has 0 fully saturated rings. The first-order chi connectivity index (χ1) is 12.5. The maximum absolute atomic E-state index is 11.8. The van der Waals surface area contributed by atoms with Crippen molar-refractivity contribution in [3.63, 3.8) is 0 Å². The van der Waals surface area contributed by atoms with Gasteiger partial charge in [0.2, 0.25) is 0 Å². The predicted molar refractivity (Wildman–Crippen MR) is 102 cm³/mol. The molecule has 2 aromatic carbocycles. The number of hydrogen-bond donors (Lipinski definition) is 3. The molecule has 3 N–H and O–H groups in total. The first kappa shape index (κ1) is 16.3. The van der Waals surface area contributed by atoms with Crippen LogP contribution in [-0.2, 0) is 4.74 Å². The Balaban J connectivity index is 2.02. The van der Waals surface area contributed by atoms with Crippen molar-refractivity contribution < 1.29 is 14.6 Å². The number of esters is 1. The third-order valence-electron chi connectivity index (χ3n) is 4.27. The highest BCUT2D eigenvalue weighted by atomic mass is 79.9. The Hall–Kier alpha value is -3.13. The fraction of sp³-hybridized carbons (Fsp3) is 0.0556. The van der Waals surface area contributed by atoms with Gasteiger partial charge in [-0.15, -0.1) is 4.91 Å². The second kappa shape index (κ2) is 5.99. The van der Waals surface area contributed by atoms with Gasteiger partial charge in [0.25, 0.3) is 0 Å². The molecular weight excluding hydrogens is 402 g/mol. The van der Waals surface area contributed by atoms with E-state index < -0.39 is 5.97 Å². The lowest BCUT2D eigenvalue weighted by Gasteiger charge is -1.99. The van der Waals surface area contributed by atoms with Crippen LogP contribution in [-0.4, -0.2) is 28.2 Å². The Morgan fingerprint density at radius 2 is 1.92 bits per heavy atom. The number of rotatable bonds is 3. The van der Waals surface area contributed by atoms with Crippen LogP contribution in [0.1, 0.15) is 10.4 Å².